The second-order valence-corrected chi connectivity index (χ2v) is 6.82. The number of phenolic OH excluding ortho intramolecular Hbond substituents is 1. The Bertz CT molecular complexity index is 774. The van der Waals surface area contributed by atoms with Crippen LogP contribution in [-0.2, 0) is 19.1 Å². The maximum absolute atomic E-state index is 12.7. The lowest BCUT2D eigenvalue weighted by atomic mass is 9.73. The van der Waals surface area contributed by atoms with Crippen molar-refractivity contribution < 1.29 is 34.0 Å². The van der Waals surface area contributed by atoms with E-state index in [1.165, 1.54) is 12.1 Å². The highest BCUT2D eigenvalue weighted by atomic mass is 16.6. The smallest absolute Gasteiger partial charge is 0.310 e. The van der Waals surface area contributed by atoms with E-state index in [-0.39, 0.29) is 37.6 Å². The molecule has 1 saturated carbocycles. The number of hydrogen-bond acceptors (Lipinski definition) is 7. The summed E-state index contributed by atoms with van der Waals surface area (Å²) in [6.07, 6.45) is 0.0490. The van der Waals surface area contributed by atoms with Gasteiger partial charge in [-0.15, -0.1) is 0 Å². The molecule has 5 rings (SSSR count). The Kier molecular flexibility index (Phi) is 2.13. The molecule has 7 nitrogen and oxygen atoms in total. The van der Waals surface area contributed by atoms with Crippen molar-refractivity contribution in [3.05, 3.63) is 23.8 Å². The normalized spacial score (nSPS) is 43.3. The van der Waals surface area contributed by atoms with Crippen LogP contribution >= 0.6 is 0 Å². The van der Waals surface area contributed by atoms with Crippen LogP contribution in [0.3, 0.4) is 0 Å². The van der Waals surface area contributed by atoms with Crippen LogP contribution in [0.25, 0.3) is 0 Å². The maximum atomic E-state index is 12.7. The molecule has 7 heteroatoms. The molecule has 2 saturated heterocycles. The summed E-state index contributed by atoms with van der Waals surface area (Å²) in [6, 6.07) is 4.49. The Morgan fingerprint density at radius 2 is 2.09 bits per heavy atom. The van der Waals surface area contributed by atoms with E-state index in [2.05, 4.69) is 0 Å². The Hall–Kier alpha value is -2.12. The highest BCUT2D eigenvalue weighted by Crippen LogP contribution is 2.67. The molecule has 0 aromatic heterocycles. The number of carbonyl (C=O) groups is 2. The second-order valence-electron chi connectivity index (χ2n) is 6.82. The van der Waals surface area contributed by atoms with Crippen LogP contribution in [0.2, 0.25) is 0 Å². The van der Waals surface area contributed by atoms with Crippen molar-refractivity contribution in [2.45, 2.75) is 35.6 Å². The topological polar surface area (TPSA) is 102 Å². The molecule has 2 N–H and O–H groups in total. The van der Waals surface area contributed by atoms with Crippen molar-refractivity contribution in [1.29, 1.82) is 0 Å². The van der Waals surface area contributed by atoms with Gasteiger partial charge in [0.15, 0.2) is 0 Å². The zero-order valence-corrected chi connectivity index (χ0v) is 12.1. The van der Waals surface area contributed by atoms with Crippen LogP contribution in [0.4, 0.5) is 0 Å². The minimum Gasteiger partial charge on any atom is -0.508 e. The van der Waals surface area contributed by atoms with E-state index in [1.807, 2.05) is 0 Å². The molecule has 0 bridgehead atoms. The standard InChI is InChI=1S/C16H14O7/c17-8-1-2-9-10(3-8)21-7-14(20)6-15-4-12(19)23-16(15,13(9)14)11(18)5-22-15/h1-3,13,17,20H,4-7H2/t13-,14-,15-,16-/m1/s1. The monoisotopic (exact) mass is 318 g/mol. The fourth-order valence-electron chi connectivity index (χ4n) is 4.89. The van der Waals surface area contributed by atoms with Gasteiger partial charge in [0.25, 0.3) is 0 Å². The van der Waals surface area contributed by atoms with Gasteiger partial charge in [0.05, 0.1) is 12.3 Å². The summed E-state index contributed by atoms with van der Waals surface area (Å²) in [5.41, 5.74) is -3.45. The Morgan fingerprint density at radius 3 is 2.91 bits per heavy atom. The summed E-state index contributed by atoms with van der Waals surface area (Å²) in [6.45, 7) is -0.181. The van der Waals surface area contributed by atoms with Crippen molar-refractivity contribution in [1.82, 2.24) is 0 Å². The van der Waals surface area contributed by atoms with E-state index in [9.17, 15) is 19.8 Å². The van der Waals surface area contributed by atoms with Crippen LogP contribution in [-0.4, -0.2) is 52.0 Å². The summed E-state index contributed by atoms with van der Waals surface area (Å²) in [5.74, 6) is -1.18. The van der Waals surface area contributed by atoms with Gasteiger partial charge in [-0.05, 0) is 6.07 Å². The molecule has 1 aromatic rings. The lowest BCUT2D eigenvalue weighted by Gasteiger charge is -2.40. The number of ketones is 1. The van der Waals surface area contributed by atoms with Gasteiger partial charge in [-0.2, -0.15) is 0 Å². The Morgan fingerprint density at radius 1 is 1.26 bits per heavy atom. The fraction of sp³-hybridized carbons (Fsp3) is 0.500. The number of aliphatic hydroxyl groups is 1. The van der Waals surface area contributed by atoms with Gasteiger partial charge >= 0.3 is 5.97 Å². The fourth-order valence-corrected chi connectivity index (χ4v) is 4.89. The maximum Gasteiger partial charge on any atom is 0.310 e. The minimum absolute atomic E-state index is 0.0216. The number of carbonyl (C=O) groups excluding carboxylic acids is 2. The van der Waals surface area contributed by atoms with E-state index in [1.54, 1.807) is 6.07 Å². The first-order valence-corrected chi connectivity index (χ1v) is 7.47. The molecule has 3 fully saturated rings. The van der Waals surface area contributed by atoms with E-state index in [0.29, 0.717) is 11.3 Å². The van der Waals surface area contributed by atoms with E-state index < -0.39 is 28.7 Å². The summed E-state index contributed by atoms with van der Waals surface area (Å²) in [4.78, 5) is 24.6. The van der Waals surface area contributed by atoms with Crippen LogP contribution in [0, 0.1) is 0 Å². The van der Waals surface area contributed by atoms with Gasteiger partial charge < -0.3 is 24.4 Å². The molecular formula is C16H14O7. The molecule has 4 atom stereocenters. The number of hydrogen-bond donors (Lipinski definition) is 2. The number of aromatic hydroxyl groups is 1. The lowest BCUT2D eigenvalue weighted by molar-refractivity contribution is -0.163. The van der Waals surface area contributed by atoms with Crippen LogP contribution in [0.1, 0.15) is 24.3 Å². The molecule has 23 heavy (non-hydrogen) atoms. The molecule has 120 valence electrons. The van der Waals surface area contributed by atoms with E-state index >= 15 is 0 Å². The van der Waals surface area contributed by atoms with Crippen molar-refractivity contribution in [3.8, 4) is 11.5 Å². The zero-order valence-electron chi connectivity index (χ0n) is 12.1. The average molecular weight is 318 g/mol. The second kappa shape index (κ2) is 3.68. The third-order valence-electron chi connectivity index (χ3n) is 5.60. The van der Waals surface area contributed by atoms with Gasteiger partial charge in [-0.1, -0.05) is 6.07 Å². The van der Waals surface area contributed by atoms with Gasteiger partial charge in [0.1, 0.15) is 35.9 Å². The number of benzene rings is 1. The average Bonchev–Trinajstić information content (AvgIpc) is 2.98. The molecule has 0 unspecified atom stereocenters. The van der Waals surface area contributed by atoms with Crippen LogP contribution in [0.5, 0.6) is 11.5 Å². The molecule has 0 radical (unpaired) electrons. The summed E-state index contributed by atoms with van der Waals surface area (Å²) < 4.78 is 16.8. The quantitative estimate of drug-likeness (QED) is 0.650. The number of ether oxygens (including phenoxy) is 3. The first kappa shape index (κ1) is 13.3. The lowest BCUT2D eigenvalue weighted by Crippen LogP contribution is -2.54. The number of rotatable bonds is 0. The Labute approximate surface area is 130 Å². The van der Waals surface area contributed by atoms with Gasteiger partial charge in [0, 0.05) is 18.1 Å². The molecule has 1 aromatic carbocycles. The molecule has 0 amide bonds. The number of phenols is 1. The third kappa shape index (κ3) is 1.30. The summed E-state index contributed by atoms with van der Waals surface area (Å²) in [5, 5.41) is 20.8. The van der Waals surface area contributed by atoms with Crippen molar-refractivity contribution >= 4 is 11.8 Å². The van der Waals surface area contributed by atoms with Crippen molar-refractivity contribution in [2.75, 3.05) is 13.2 Å². The van der Waals surface area contributed by atoms with E-state index in [4.69, 9.17) is 14.2 Å². The molecule has 1 aliphatic carbocycles. The summed E-state index contributed by atoms with van der Waals surface area (Å²) >= 11 is 0. The first-order chi connectivity index (χ1) is 10.9. The van der Waals surface area contributed by atoms with E-state index in [0.717, 1.165) is 0 Å². The largest absolute Gasteiger partial charge is 0.508 e. The van der Waals surface area contributed by atoms with Gasteiger partial charge in [-0.3, -0.25) is 9.59 Å². The molecular weight excluding hydrogens is 304 g/mol. The van der Waals surface area contributed by atoms with Crippen molar-refractivity contribution in [3.63, 3.8) is 0 Å². The summed E-state index contributed by atoms with van der Waals surface area (Å²) in [7, 11) is 0. The zero-order chi connectivity index (χ0) is 16.0. The predicted molar refractivity (Wildman–Crippen MR) is 73.0 cm³/mol. The third-order valence-corrected chi connectivity index (χ3v) is 5.60. The molecule has 0 spiro atoms. The SMILES string of the molecule is O=C1C[C@@]23C[C@@]4(O)COc5cc(O)ccc5[C@H]4[C@]2(O1)C(=O)CO3. The number of esters is 1. The molecule has 4 aliphatic rings. The molecule has 3 aliphatic heterocycles. The highest BCUT2D eigenvalue weighted by Gasteiger charge is 2.83. The van der Waals surface area contributed by atoms with Crippen LogP contribution < -0.4 is 4.74 Å². The van der Waals surface area contributed by atoms with Gasteiger partial charge in [0.2, 0.25) is 11.4 Å². The predicted octanol–water partition coefficient (Wildman–Crippen LogP) is 0.0268. The van der Waals surface area contributed by atoms with Crippen LogP contribution in [0.15, 0.2) is 18.2 Å². The number of fused-ring (bicyclic) bond motifs is 3. The number of Topliss-reactive ketones (excluding diaryl/α,β-unsaturated/α-hetero) is 1. The minimum atomic E-state index is -1.51. The highest BCUT2D eigenvalue weighted by molar-refractivity contribution is 6.00. The van der Waals surface area contributed by atoms with Gasteiger partial charge in [-0.25, -0.2) is 0 Å². The Balaban J connectivity index is 1.79. The first-order valence-electron chi connectivity index (χ1n) is 7.47. The molecule has 3 heterocycles. The van der Waals surface area contributed by atoms with Crippen molar-refractivity contribution in [2.24, 2.45) is 0 Å².